The lowest BCUT2D eigenvalue weighted by atomic mass is 10.2. The van der Waals surface area contributed by atoms with Crippen molar-refractivity contribution in [2.24, 2.45) is 5.73 Å². The van der Waals surface area contributed by atoms with E-state index in [1.807, 2.05) is 36.2 Å². The molecule has 0 unspecified atom stereocenters. The summed E-state index contributed by atoms with van der Waals surface area (Å²) in [6, 6.07) is 7.77. The van der Waals surface area contributed by atoms with Gasteiger partial charge in [0.25, 0.3) is 0 Å². The normalized spacial score (nSPS) is 10.3. The van der Waals surface area contributed by atoms with E-state index in [1.165, 1.54) is 0 Å². The van der Waals surface area contributed by atoms with Crippen LogP contribution in [0.3, 0.4) is 0 Å². The molecule has 1 aromatic carbocycles. The first kappa shape index (κ1) is 13.3. The largest absolute Gasteiger partial charge is 0.495 e. The van der Waals surface area contributed by atoms with Crippen molar-refractivity contribution in [3.63, 3.8) is 0 Å². The molecule has 19 heavy (non-hydrogen) atoms. The number of anilines is 2. The molecular weight excluding hydrogens is 240 g/mol. The zero-order valence-corrected chi connectivity index (χ0v) is 11.2. The van der Waals surface area contributed by atoms with Crippen molar-refractivity contribution in [2.75, 3.05) is 25.6 Å². The second-order valence-corrected chi connectivity index (χ2v) is 4.16. The number of nitrogens with zero attached hydrogens (tertiary/aromatic N) is 3. The summed E-state index contributed by atoms with van der Waals surface area (Å²) in [6.07, 6.45) is 4.40. The van der Waals surface area contributed by atoms with Crippen molar-refractivity contribution in [1.29, 1.82) is 0 Å². The van der Waals surface area contributed by atoms with Crippen LogP contribution in [0.4, 0.5) is 11.6 Å². The summed E-state index contributed by atoms with van der Waals surface area (Å²) >= 11 is 0. The summed E-state index contributed by atoms with van der Waals surface area (Å²) in [6.45, 7) is 0.602. The summed E-state index contributed by atoms with van der Waals surface area (Å²) in [5.41, 5.74) is 7.47. The fraction of sp³-hybridized carbons (Fsp3) is 0.286. The van der Waals surface area contributed by atoms with E-state index in [0.717, 1.165) is 23.4 Å². The molecule has 0 atom stereocenters. The predicted octanol–water partition coefficient (Wildman–Crippen LogP) is 1.75. The van der Waals surface area contributed by atoms with Gasteiger partial charge >= 0.3 is 0 Å². The smallest absolute Gasteiger partial charge is 0.229 e. The van der Waals surface area contributed by atoms with Gasteiger partial charge in [0, 0.05) is 19.4 Å². The summed E-state index contributed by atoms with van der Waals surface area (Å²) in [5, 5.41) is 0. The van der Waals surface area contributed by atoms with Gasteiger partial charge in [-0.2, -0.15) is 0 Å². The van der Waals surface area contributed by atoms with Crippen LogP contribution < -0.4 is 15.4 Å². The number of ether oxygens (including phenoxy) is 1. The van der Waals surface area contributed by atoms with Crippen LogP contribution in [0, 0.1) is 0 Å². The van der Waals surface area contributed by atoms with Gasteiger partial charge in [-0.15, -0.1) is 0 Å². The number of benzene rings is 1. The van der Waals surface area contributed by atoms with Gasteiger partial charge in [0.2, 0.25) is 5.95 Å². The van der Waals surface area contributed by atoms with Gasteiger partial charge in [0.15, 0.2) is 0 Å². The summed E-state index contributed by atoms with van der Waals surface area (Å²) in [5.74, 6) is 1.42. The zero-order chi connectivity index (χ0) is 13.7. The van der Waals surface area contributed by atoms with Crippen LogP contribution in [0.2, 0.25) is 0 Å². The SMILES string of the molecule is COc1ccccc1N(C)c1ncc(CCN)cn1. The topological polar surface area (TPSA) is 64.3 Å². The number of methoxy groups -OCH3 is 1. The molecule has 0 bridgehead atoms. The van der Waals surface area contributed by atoms with Crippen molar-refractivity contribution in [3.8, 4) is 5.75 Å². The van der Waals surface area contributed by atoms with Crippen LogP contribution in [-0.2, 0) is 6.42 Å². The van der Waals surface area contributed by atoms with Crippen LogP contribution in [0.5, 0.6) is 5.75 Å². The Balaban J connectivity index is 2.25. The summed E-state index contributed by atoms with van der Waals surface area (Å²) < 4.78 is 5.34. The van der Waals surface area contributed by atoms with E-state index in [4.69, 9.17) is 10.5 Å². The zero-order valence-electron chi connectivity index (χ0n) is 11.2. The fourth-order valence-corrected chi connectivity index (χ4v) is 1.83. The van der Waals surface area contributed by atoms with E-state index in [9.17, 15) is 0 Å². The number of para-hydroxylation sites is 2. The van der Waals surface area contributed by atoms with Crippen LogP contribution in [0.15, 0.2) is 36.7 Å². The molecule has 0 saturated heterocycles. The summed E-state index contributed by atoms with van der Waals surface area (Å²) in [7, 11) is 3.56. The lowest BCUT2D eigenvalue weighted by molar-refractivity contribution is 0.415. The van der Waals surface area contributed by atoms with Crippen LogP contribution in [0.25, 0.3) is 0 Å². The third-order valence-corrected chi connectivity index (χ3v) is 2.87. The quantitative estimate of drug-likeness (QED) is 0.885. The first-order chi connectivity index (χ1) is 9.26. The molecule has 5 heteroatoms. The van der Waals surface area contributed by atoms with Crippen LogP contribution in [-0.4, -0.2) is 30.7 Å². The molecule has 1 aromatic heterocycles. The monoisotopic (exact) mass is 258 g/mol. The Labute approximate surface area is 113 Å². The minimum atomic E-state index is 0.602. The van der Waals surface area contributed by atoms with Gasteiger partial charge in [0.1, 0.15) is 5.75 Å². The molecule has 2 rings (SSSR count). The maximum absolute atomic E-state index is 5.50. The third-order valence-electron chi connectivity index (χ3n) is 2.87. The minimum absolute atomic E-state index is 0.602. The van der Waals surface area contributed by atoms with E-state index >= 15 is 0 Å². The molecule has 0 amide bonds. The Kier molecular flexibility index (Phi) is 4.30. The Morgan fingerprint density at radius 3 is 2.53 bits per heavy atom. The standard InChI is InChI=1S/C14H18N4O/c1-18(12-5-3-4-6-13(12)19-2)14-16-9-11(7-8-15)10-17-14/h3-6,9-10H,7-8,15H2,1-2H3. The Hall–Kier alpha value is -2.14. The van der Waals surface area contributed by atoms with Crippen LogP contribution >= 0.6 is 0 Å². The molecule has 0 aliphatic rings. The first-order valence-corrected chi connectivity index (χ1v) is 6.14. The highest BCUT2D eigenvalue weighted by molar-refractivity contribution is 5.64. The molecule has 2 N–H and O–H groups in total. The van der Waals surface area contributed by atoms with Gasteiger partial charge in [-0.3, -0.25) is 0 Å². The third kappa shape index (κ3) is 3.00. The fourth-order valence-electron chi connectivity index (χ4n) is 1.83. The highest BCUT2D eigenvalue weighted by Crippen LogP contribution is 2.30. The second-order valence-electron chi connectivity index (χ2n) is 4.16. The number of rotatable bonds is 5. The molecule has 0 radical (unpaired) electrons. The second kappa shape index (κ2) is 6.15. The van der Waals surface area contributed by atoms with Gasteiger partial charge in [-0.05, 0) is 30.7 Å². The average molecular weight is 258 g/mol. The van der Waals surface area contributed by atoms with Crippen LogP contribution in [0.1, 0.15) is 5.56 Å². The van der Waals surface area contributed by atoms with Crippen molar-refractivity contribution >= 4 is 11.6 Å². The number of aromatic nitrogens is 2. The molecule has 0 fully saturated rings. The highest BCUT2D eigenvalue weighted by atomic mass is 16.5. The highest BCUT2D eigenvalue weighted by Gasteiger charge is 2.11. The van der Waals surface area contributed by atoms with E-state index in [1.54, 1.807) is 19.5 Å². The van der Waals surface area contributed by atoms with Crippen molar-refractivity contribution < 1.29 is 4.74 Å². The maximum Gasteiger partial charge on any atom is 0.229 e. The maximum atomic E-state index is 5.50. The van der Waals surface area contributed by atoms with E-state index in [-0.39, 0.29) is 0 Å². The number of nitrogens with two attached hydrogens (primary N) is 1. The van der Waals surface area contributed by atoms with Gasteiger partial charge < -0.3 is 15.4 Å². The molecule has 100 valence electrons. The molecule has 5 nitrogen and oxygen atoms in total. The molecule has 0 spiro atoms. The Bertz CT molecular complexity index is 527. The van der Waals surface area contributed by atoms with Crippen molar-refractivity contribution in [3.05, 3.63) is 42.2 Å². The van der Waals surface area contributed by atoms with Gasteiger partial charge in [-0.1, -0.05) is 12.1 Å². The van der Waals surface area contributed by atoms with Crippen molar-refractivity contribution in [2.45, 2.75) is 6.42 Å². The molecule has 0 aliphatic heterocycles. The molecular formula is C14H18N4O. The van der Waals surface area contributed by atoms with Crippen molar-refractivity contribution in [1.82, 2.24) is 9.97 Å². The molecule has 1 heterocycles. The molecule has 0 aliphatic carbocycles. The minimum Gasteiger partial charge on any atom is -0.495 e. The van der Waals surface area contributed by atoms with E-state index in [2.05, 4.69) is 9.97 Å². The Morgan fingerprint density at radius 1 is 1.21 bits per heavy atom. The summed E-state index contributed by atoms with van der Waals surface area (Å²) in [4.78, 5) is 10.6. The average Bonchev–Trinajstić information content (AvgIpc) is 2.47. The molecule has 0 saturated carbocycles. The van der Waals surface area contributed by atoms with Gasteiger partial charge in [-0.25, -0.2) is 9.97 Å². The molecule has 2 aromatic rings. The lowest BCUT2D eigenvalue weighted by Gasteiger charge is -2.19. The first-order valence-electron chi connectivity index (χ1n) is 6.14. The van der Waals surface area contributed by atoms with E-state index in [0.29, 0.717) is 12.5 Å². The number of hydrogen-bond acceptors (Lipinski definition) is 5. The Morgan fingerprint density at radius 2 is 1.89 bits per heavy atom. The lowest BCUT2D eigenvalue weighted by Crippen LogP contribution is -2.14. The number of hydrogen-bond donors (Lipinski definition) is 1. The predicted molar refractivity (Wildman–Crippen MR) is 75.8 cm³/mol. The van der Waals surface area contributed by atoms with Gasteiger partial charge in [0.05, 0.1) is 12.8 Å². The van der Waals surface area contributed by atoms with E-state index < -0.39 is 0 Å².